The molecule has 1 N–H and O–H groups in total. The summed E-state index contributed by atoms with van der Waals surface area (Å²) >= 11 is 0. The minimum Gasteiger partial charge on any atom is -0.496 e. The number of ether oxygens (including phenoxy) is 3. The number of nitrogens with zero attached hydrogens (tertiary/aromatic N) is 2. The SMILES string of the molecule is COc1ccccc1C(=O)Nc1ccc(OC(=O)c2ccc(OCc3noc(C)n3)cc2)cc1. The Morgan fingerprint density at radius 2 is 1.65 bits per heavy atom. The standard InChI is InChI=1S/C25H21N3O6/c1-16-26-23(28-34-16)15-32-19-11-7-17(8-12-19)25(30)33-20-13-9-18(10-14-20)27-24(29)21-5-3-4-6-22(21)31-2/h3-14H,15H2,1-2H3,(H,27,29). The predicted octanol–water partition coefficient (Wildman–Crippen LogP) is 4.44. The van der Waals surface area contributed by atoms with Gasteiger partial charge in [0.15, 0.2) is 6.61 Å². The first kappa shape index (κ1) is 22.5. The summed E-state index contributed by atoms with van der Waals surface area (Å²) in [4.78, 5) is 29.0. The van der Waals surface area contributed by atoms with Crippen molar-refractivity contribution < 1.29 is 28.3 Å². The number of hydrogen-bond acceptors (Lipinski definition) is 8. The van der Waals surface area contributed by atoms with Gasteiger partial charge < -0.3 is 24.1 Å². The lowest BCUT2D eigenvalue weighted by Gasteiger charge is -2.10. The predicted molar refractivity (Wildman–Crippen MR) is 122 cm³/mol. The number of nitrogens with one attached hydrogen (secondary N) is 1. The van der Waals surface area contributed by atoms with Crippen molar-refractivity contribution in [3.63, 3.8) is 0 Å². The van der Waals surface area contributed by atoms with Crippen molar-refractivity contribution in [2.75, 3.05) is 12.4 Å². The summed E-state index contributed by atoms with van der Waals surface area (Å²) in [5.74, 6) is 1.44. The molecule has 0 fully saturated rings. The van der Waals surface area contributed by atoms with Crippen molar-refractivity contribution in [1.82, 2.24) is 10.1 Å². The lowest BCUT2D eigenvalue weighted by atomic mass is 10.2. The van der Waals surface area contributed by atoms with Gasteiger partial charge in [-0.05, 0) is 60.7 Å². The highest BCUT2D eigenvalue weighted by atomic mass is 16.5. The van der Waals surface area contributed by atoms with Gasteiger partial charge in [-0.3, -0.25) is 4.79 Å². The van der Waals surface area contributed by atoms with E-state index in [9.17, 15) is 9.59 Å². The number of benzene rings is 3. The maximum atomic E-state index is 12.5. The number of para-hydroxylation sites is 1. The molecule has 34 heavy (non-hydrogen) atoms. The molecule has 3 aromatic carbocycles. The molecule has 0 aliphatic heterocycles. The molecule has 9 nitrogen and oxygen atoms in total. The summed E-state index contributed by atoms with van der Waals surface area (Å²) in [6.45, 7) is 1.85. The fourth-order valence-electron chi connectivity index (χ4n) is 3.04. The molecule has 172 valence electrons. The van der Waals surface area contributed by atoms with Gasteiger partial charge in [0.2, 0.25) is 11.7 Å². The molecular weight excluding hydrogens is 438 g/mol. The average Bonchev–Trinajstić information content (AvgIpc) is 3.29. The van der Waals surface area contributed by atoms with Crippen LogP contribution < -0.4 is 19.5 Å². The number of aryl methyl sites for hydroxylation is 1. The lowest BCUT2D eigenvalue weighted by molar-refractivity contribution is 0.0734. The van der Waals surface area contributed by atoms with Crippen LogP contribution in [0, 0.1) is 6.92 Å². The molecule has 1 amide bonds. The van der Waals surface area contributed by atoms with Gasteiger partial charge in [-0.2, -0.15) is 4.98 Å². The van der Waals surface area contributed by atoms with E-state index in [0.717, 1.165) is 0 Å². The summed E-state index contributed by atoms with van der Waals surface area (Å²) in [6, 6.07) is 19.9. The molecule has 0 unspecified atom stereocenters. The highest BCUT2D eigenvalue weighted by Crippen LogP contribution is 2.22. The summed E-state index contributed by atoms with van der Waals surface area (Å²) in [7, 11) is 1.51. The van der Waals surface area contributed by atoms with E-state index in [1.165, 1.54) is 7.11 Å². The molecule has 0 saturated carbocycles. The van der Waals surface area contributed by atoms with Gasteiger partial charge in [0.25, 0.3) is 5.91 Å². The third-order valence-electron chi connectivity index (χ3n) is 4.70. The third kappa shape index (κ3) is 5.57. The van der Waals surface area contributed by atoms with Gasteiger partial charge in [0.05, 0.1) is 18.2 Å². The number of rotatable bonds is 8. The van der Waals surface area contributed by atoms with Crippen LogP contribution in [-0.2, 0) is 6.61 Å². The van der Waals surface area contributed by atoms with E-state index in [1.807, 2.05) is 0 Å². The summed E-state index contributed by atoms with van der Waals surface area (Å²) in [5, 5.41) is 6.54. The van der Waals surface area contributed by atoms with Crippen LogP contribution in [0.1, 0.15) is 32.4 Å². The van der Waals surface area contributed by atoms with Crippen LogP contribution in [0.4, 0.5) is 5.69 Å². The number of anilines is 1. The molecule has 9 heteroatoms. The number of aromatic nitrogens is 2. The van der Waals surface area contributed by atoms with Crippen molar-refractivity contribution in [2.45, 2.75) is 13.5 Å². The molecule has 0 aliphatic carbocycles. The molecule has 1 heterocycles. The molecule has 1 aromatic heterocycles. The Balaban J connectivity index is 1.32. The van der Waals surface area contributed by atoms with Gasteiger partial charge >= 0.3 is 5.97 Å². The number of esters is 1. The molecule has 0 atom stereocenters. The van der Waals surface area contributed by atoms with Crippen LogP contribution in [0.3, 0.4) is 0 Å². The molecule has 0 spiro atoms. The Morgan fingerprint density at radius 3 is 2.32 bits per heavy atom. The zero-order valence-electron chi connectivity index (χ0n) is 18.5. The molecule has 0 saturated heterocycles. The van der Waals surface area contributed by atoms with Crippen molar-refractivity contribution in [2.24, 2.45) is 0 Å². The van der Waals surface area contributed by atoms with E-state index in [4.69, 9.17) is 18.7 Å². The fourth-order valence-corrected chi connectivity index (χ4v) is 3.04. The topological polar surface area (TPSA) is 113 Å². The largest absolute Gasteiger partial charge is 0.496 e. The zero-order valence-corrected chi connectivity index (χ0v) is 18.5. The van der Waals surface area contributed by atoms with E-state index in [0.29, 0.717) is 45.8 Å². The minimum absolute atomic E-state index is 0.154. The van der Waals surface area contributed by atoms with E-state index in [2.05, 4.69) is 15.5 Å². The Morgan fingerprint density at radius 1 is 0.941 bits per heavy atom. The molecule has 0 bridgehead atoms. The van der Waals surface area contributed by atoms with Gasteiger partial charge in [0, 0.05) is 12.6 Å². The second kappa shape index (κ2) is 10.3. The van der Waals surface area contributed by atoms with Gasteiger partial charge in [-0.1, -0.05) is 17.3 Å². The molecule has 0 radical (unpaired) electrons. The quantitative estimate of drug-likeness (QED) is 0.304. The molecular formula is C25H21N3O6. The summed E-state index contributed by atoms with van der Waals surface area (Å²) in [5.41, 5.74) is 1.32. The normalized spacial score (nSPS) is 10.4. The second-order valence-electron chi connectivity index (χ2n) is 7.11. The molecule has 0 aliphatic rings. The Bertz CT molecular complexity index is 1280. The summed E-state index contributed by atoms with van der Waals surface area (Å²) in [6.07, 6.45) is 0. The third-order valence-corrected chi connectivity index (χ3v) is 4.70. The highest BCUT2D eigenvalue weighted by molar-refractivity contribution is 6.06. The number of carbonyl (C=O) groups excluding carboxylic acids is 2. The Labute approximate surface area is 195 Å². The van der Waals surface area contributed by atoms with Crippen molar-refractivity contribution in [3.8, 4) is 17.2 Å². The zero-order chi connectivity index (χ0) is 23.9. The number of carbonyl (C=O) groups is 2. The first-order valence-corrected chi connectivity index (χ1v) is 10.3. The maximum absolute atomic E-state index is 12.5. The van der Waals surface area contributed by atoms with Crippen molar-refractivity contribution >= 4 is 17.6 Å². The molecule has 4 aromatic rings. The van der Waals surface area contributed by atoms with Gasteiger partial charge in [-0.15, -0.1) is 0 Å². The van der Waals surface area contributed by atoms with E-state index in [-0.39, 0.29) is 12.5 Å². The lowest BCUT2D eigenvalue weighted by Crippen LogP contribution is -2.13. The number of amides is 1. The Kier molecular flexibility index (Phi) is 6.83. The van der Waals surface area contributed by atoms with E-state index in [1.54, 1.807) is 79.7 Å². The average molecular weight is 459 g/mol. The fraction of sp³-hybridized carbons (Fsp3) is 0.120. The van der Waals surface area contributed by atoms with Crippen LogP contribution in [0.25, 0.3) is 0 Å². The van der Waals surface area contributed by atoms with Crippen LogP contribution in [0.15, 0.2) is 77.3 Å². The van der Waals surface area contributed by atoms with Crippen molar-refractivity contribution in [1.29, 1.82) is 0 Å². The maximum Gasteiger partial charge on any atom is 0.343 e. The second-order valence-corrected chi connectivity index (χ2v) is 7.11. The first-order chi connectivity index (χ1) is 16.5. The van der Waals surface area contributed by atoms with Gasteiger partial charge in [0.1, 0.15) is 17.2 Å². The highest BCUT2D eigenvalue weighted by Gasteiger charge is 2.13. The van der Waals surface area contributed by atoms with Crippen LogP contribution >= 0.6 is 0 Å². The van der Waals surface area contributed by atoms with E-state index < -0.39 is 5.97 Å². The monoisotopic (exact) mass is 459 g/mol. The minimum atomic E-state index is -0.522. The van der Waals surface area contributed by atoms with Crippen molar-refractivity contribution in [3.05, 3.63) is 95.6 Å². The first-order valence-electron chi connectivity index (χ1n) is 10.3. The Hall–Kier alpha value is -4.66. The van der Waals surface area contributed by atoms with E-state index >= 15 is 0 Å². The van der Waals surface area contributed by atoms with Crippen LogP contribution in [0.5, 0.6) is 17.2 Å². The van der Waals surface area contributed by atoms with Crippen LogP contribution in [0.2, 0.25) is 0 Å². The molecule has 4 rings (SSSR count). The number of methoxy groups -OCH3 is 1. The summed E-state index contributed by atoms with van der Waals surface area (Å²) < 4.78 is 21.1. The number of hydrogen-bond donors (Lipinski definition) is 1. The smallest absolute Gasteiger partial charge is 0.343 e. The van der Waals surface area contributed by atoms with Crippen LogP contribution in [-0.4, -0.2) is 29.1 Å². The van der Waals surface area contributed by atoms with Gasteiger partial charge in [-0.25, -0.2) is 4.79 Å².